The standard InChI is InChI=1S/C20H21F3N2O3S/c21-20(22,23)28-16-6-8-17(9-7-16)29(26,27)25-12-14(13-25)11-24-19-10-18(19)15-4-2-1-3-5-15/h1-9,14,18-19,24H,10-13H2. The zero-order chi connectivity index (χ0) is 20.6. The fourth-order valence-electron chi connectivity index (χ4n) is 3.62. The molecule has 2 fully saturated rings. The van der Waals surface area contributed by atoms with Crippen molar-refractivity contribution in [2.75, 3.05) is 19.6 Å². The lowest BCUT2D eigenvalue weighted by Crippen LogP contribution is -2.53. The average Bonchev–Trinajstić information content (AvgIpc) is 3.40. The zero-order valence-corrected chi connectivity index (χ0v) is 16.3. The Bertz CT molecular complexity index is 943. The zero-order valence-electron chi connectivity index (χ0n) is 15.5. The molecule has 0 amide bonds. The van der Waals surface area contributed by atoms with Crippen molar-refractivity contribution in [1.82, 2.24) is 9.62 Å². The van der Waals surface area contributed by atoms with Gasteiger partial charge in [-0.3, -0.25) is 0 Å². The normalized spacial score (nSPS) is 22.9. The number of benzene rings is 2. The van der Waals surface area contributed by atoms with E-state index in [0.717, 1.165) is 37.2 Å². The number of nitrogens with one attached hydrogen (secondary N) is 1. The van der Waals surface area contributed by atoms with Crippen molar-refractivity contribution >= 4 is 10.0 Å². The lowest BCUT2D eigenvalue weighted by atomic mass is 10.0. The van der Waals surface area contributed by atoms with Gasteiger partial charge in [0.2, 0.25) is 10.0 Å². The number of rotatable bonds is 7. The minimum absolute atomic E-state index is 0.0373. The Labute approximate surface area is 167 Å². The summed E-state index contributed by atoms with van der Waals surface area (Å²) < 4.78 is 66.9. The summed E-state index contributed by atoms with van der Waals surface area (Å²) in [5.41, 5.74) is 1.32. The molecule has 9 heteroatoms. The molecule has 4 rings (SSSR count). The highest BCUT2D eigenvalue weighted by Gasteiger charge is 2.41. The molecule has 0 spiro atoms. The monoisotopic (exact) mass is 426 g/mol. The second-order valence-corrected chi connectivity index (χ2v) is 9.41. The second-order valence-electron chi connectivity index (χ2n) is 7.47. The molecule has 1 N–H and O–H groups in total. The smallest absolute Gasteiger partial charge is 0.406 e. The molecule has 0 aromatic heterocycles. The number of ether oxygens (including phenoxy) is 1. The van der Waals surface area contributed by atoms with Gasteiger partial charge in [-0.05, 0) is 42.2 Å². The Kier molecular flexibility index (Phi) is 5.30. The molecule has 29 heavy (non-hydrogen) atoms. The average molecular weight is 426 g/mol. The van der Waals surface area contributed by atoms with Crippen LogP contribution < -0.4 is 10.1 Å². The van der Waals surface area contributed by atoms with E-state index >= 15 is 0 Å². The van der Waals surface area contributed by atoms with E-state index in [0.29, 0.717) is 25.0 Å². The first kappa shape index (κ1) is 20.2. The van der Waals surface area contributed by atoms with Gasteiger partial charge in [0.1, 0.15) is 5.75 Å². The van der Waals surface area contributed by atoms with Crippen molar-refractivity contribution in [1.29, 1.82) is 0 Å². The van der Waals surface area contributed by atoms with Gasteiger partial charge in [0.05, 0.1) is 4.90 Å². The van der Waals surface area contributed by atoms with E-state index in [-0.39, 0.29) is 10.8 Å². The summed E-state index contributed by atoms with van der Waals surface area (Å²) in [5, 5.41) is 3.50. The van der Waals surface area contributed by atoms with Gasteiger partial charge in [0, 0.05) is 31.6 Å². The van der Waals surface area contributed by atoms with Crippen LogP contribution >= 0.6 is 0 Å². The Morgan fingerprint density at radius 3 is 2.31 bits per heavy atom. The van der Waals surface area contributed by atoms with Gasteiger partial charge >= 0.3 is 6.36 Å². The first-order valence-electron chi connectivity index (χ1n) is 9.37. The van der Waals surface area contributed by atoms with Crippen LogP contribution in [0.1, 0.15) is 17.9 Å². The van der Waals surface area contributed by atoms with Gasteiger partial charge in [-0.2, -0.15) is 4.31 Å². The Balaban J connectivity index is 1.25. The predicted molar refractivity (Wildman–Crippen MR) is 101 cm³/mol. The summed E-state index contributed by atoms with van der Waals surface area (Å²) in [5.74, 6) is 0.308. The highest BCUT2D eigenvalue weighted by Crippen LogP contribution is 2.40. The predicted octanol–water partition coefficient (Wildman–Crippen LogP) is 3.35. The minimum Gasteiger partial charge on any atom is -0.406 e. The third kappa shape index (κ3) is 4.73. The van der Waals surface area contributed by atoms with Gasteiger partial charge in [0.15, 0.2) is 0 Å². The fourth-order valence-corrected chi connectivity index (χ4v) is 5.21. The van der Waals surface area contributed by atoms with Crippen molar-refractivity contribution in [3.05, 3.63) is 60.2 Å². The van der Waals surface area contributed by atoms with Crippen LogP contribution in [0.5, 0.6) is 5.75 Å². The number of halogens is 3. The molecule has 1 aliphatic carbocycles. The Morgan fingerprint density at radius 1 is 1.03 bits per heavy atom. The first-order valence-corrected chi connectivity index (χ1v) is 10.8. The number of nitrogens with zero attached hydrogens (tertiary/aromatic N) is 1. The lowest BCUT2D eigenvalue weighted by molar-refractivity contribution is -0.274. The van der Waals surface area contributed by atoms with Crippen molar-refractivity contribution in [2.45, 2.75) is 29.6 Å². The molecule has 2 atom stereocenters. The molecule has 1 aliphatic heterocycles. The molecule has 1 saturated heterocycles. The van der Waals surface area contributed by atoms with E-state index in [1.807, 2.05) is 18.2 Å². The Morgan fingerprint density at radius 2 is 1.69 bits per heavy atom. The second kappa shape index (κ2) is 7.62. The lowest BCUT2D eigenvalue weighted by Gasteiger charge is -2.38. The summed E-state index contributed by atoms with van der Waals surface area (Å²) in [4.78, 5) is -0.0373. The first-order chi connectivity index (χ1) is 13.7. The van der Waals surface area contributed by atoms with Gasteiger partial charge < -0.3 is 10.1 Å². The molecular formula is C20H21F3N2O3S. The van der Waals surface area contributed by atoms with Crippen molar-refractivity contribution in [3.63, 3.8) is 0 Å². The van der Waals surface area contributed by atoms with Crippen molar-refractivity contribution in [2.24, 2.45) is 5.92 Å². The summed E-state index contributed by atoms with van der Waals surface area (Å²) in [6.07, 6.45) is -3.72. The van der Waals surface area contributed by atoms with Gasteiger partial charge in [-0.15, -0.1) is 13.2 Å². The van der Waals surface area contributed by atoms with E-state index in [1.54, 1.807) is 0 Å². The van der Waals surface area contributed by atoms with E-state index in [1.165, 1.54) is 9.87 Å². The van der Waals surface area contributed by atoms with Crippen LogP contribution in [-0.2, 0) is 10.0 Å². The van der Waals surface area contributed by atoms with Crippen LogP contribution in [0, 0.1) is 5.92 Å². The number of sulfonamides is 1. The SMILES string of the molecule is O=S(=O)(c1ccc(OC(F)(F)F)cc1)N1CC(CNC2CC2c2ccccc2)C1. The van der Waals surface area contributed by atoms with Crippen molar-refractivity contribution < 1.29 is 26.3 Å². The van der Waals surface area contributed by atoms with Crippen LogP contribution in [0.4, 0.5) is 13.2 Å². The molecular weight excluding hydrogens is 405 g/mol. The molecule has 1 saturated carbocycles. The van der Waals surface area contributed by atoms with Crippen LogP contribution in [0.15, 0.2) is 59.5 Å². The van der Waals surface area contributed by atoms with E-state index < -0.39 is 22.1 Å². The van der Waals surface area contributed by atoms with Gasteiger partial charge in [-0.1, -0.05) is 30.3 Å². The minimum atomic E-state index is -4.81. The topological polar surface area (TPSA) is 58.6 Å². The Hall–Kier alpha value is -2.10. The van der Waals surface area contributed by atoms with E-state index in [9.17, 15) is 21.6 Å². The van der Waals surface area contributed by atoms with Crippen LogP contribution in [-0.4, -0.2) is 44.8 Å². The maximum Gasteiger partial charge on any atom is 0.573 e. The molecule has 2 aliphatic rings. The van der Waals surface area contributed by atoms with Gasteiger partial charge in [0.25, 0.3) is 0 Å². The van der Waals surface area contributed by atoms with Crippen LogP contribution in [0.25, 0.3) is 0 Å². The number of hydrogen-bond donors (Lipinski definition) is 1. The number of alkyl halides is 3. The summed E-state index contributed by atoms with van der Waals surface area (Å²) >= 11 is 0. The quantitative estimate of drug-likeness (QED) is 0.738. The third-order valence-corrected chi connectivity index (χ3v) is 7.15. The van der Waals surface area contributed by atoms with Gasteiger partial charge in [-0.25, -0.2) is 8.42 Å². The molecule has 1 heterocycles. The molecule has 0 radical (unpaired) electrons. The summed E-state index contributed by atoms with van der Waals surface area (Å²) in [6.45, 7) is 1.55. The molecule has 0 bridgehead atoms. The van der Waals surface area contributed by atoms with Crippen LogP contribution in [0.2, 0.25) is 0 Å². The highest BCUT2D eigenvalue weighted by atomic mass is 32.2. The molecule has 2 unspecified atom stereocenters. The molecule has 2 aromatic rings. The maximum absolute atomic E-state index is 12.6. The molecule has 156 valence electrons. The summed E-state index contributed by atoms with van der Waals surface area (Å²) in [6, 6.07) is 15.0. The highest BCUT2D eigenvalue weighted by molar-refractivity contribution is 7.89. The van der Waals surface area contributed by atoms with Crippen molar-refractivity contribution in [3.8, 4) is 5.75 Å². The fraction of sp³-hybridized carbons (Fsp3) is 0.400. The largest absolute Gasteiger partial charge is 0.573 e. The number of hydrogen-bond acceptors (Lipinski definition) is 4. The summed E-state index contributed by atoms with van der Waals surface area (Å²) in [7, 11) is -3.70. The molecule has 5 nitrogen and oxygen atoms in total. The third-order valence-electron chi connectivity index (χ3n) is 5.31. The van der Waals surface area contributed by atoms with E-state index in [4.69, 9.17) is 0 Å². The van der Waals surface area contributed by atoms with Crippen LogP contribution in [0.3, 0.4) is 0 Å². The maximum atomic E-state index is 12.6. The molecule has 2 aromatic carbocycles. The van der Waals surface area contributed by atoms with E-state index in [2.05, 4.69) is 22.2 Å².